The van der Waals surface area contributed by atoms with Crippen LogP contribution in [0.3, 0.4) is 0 Å². The Kier molecular flexibility index (Phi) is 5.99. The van der Waals surface area contributed by atoms with Crippen molar-refractivity contribution < 1.29 is 23.5 Å². The molecule has 10 heteroatoms. The maximum absolute atomic E-state index is 13.3. The zero-order valence-electron chi connectivity index (χ0n) is 17.6. The summed E-state index contributed by atoms with van der Waals surface area (Å²) < 4.78 is 19.2. The zero-order chi connectivity index (χ0) is 24.0. The summed E-state index contributed by atoms with van der Waals surface area (Å²) in [6, 6.07) is 8.70. The number of amides is 3. The number of halogens is 3. The molecule has 2 aromatic carbocycles. The van der Waals surface area contributed by atoms with E-state index in [-0.39, 0.29) is 52.9 Å². The summed E-state index contributed by atoms with van der Waals surface area (Å²) in [4.78, 5) is 37.6. The number of fused-ring (bicyclic) bond motifs is 5. The van der Waals surface area contributed by atoms with Crippen LogP contribution in [0.15, 0.2) is 58.1 Å². The van der Waals surface area contributed by atoms with Gasteiger partial charge >= 0.3 is 0 Å². The molecule has 3 aliphatic rings. The quantitative estimate of drug-likeness (QED) is 0.331. The Labute approximate surface area is 207 Å². The molecule has 7 nitrogen and oxygen atoms in total. The van der Waals surface area contributed by atoms with Gasteiger partial charge in [0, 0.05) is 5.69 Å². The zero-order valence-corrected chi connectivity index (χ0v) is 19.9. The number of anilines is 1. The number of imide groups is 1. The highest BCUT2D eigenvalue weighted by molar-refractivity contribution is 9.10. The Morgan fingerprint density at radius 2 is 1.91 bits per heavy atom. The Balaban J connectivity index is 1.24. The van der Waals surface area contributed by atoms with Gasteiger partial charge in [-0.05, 0) is 70.1 Å². The second-order valence-electron chi connectivity index (χ2n) is 8.39. The second-order valence-corrected chi connectivity index (χ2v) is 9.66. The number of hydrazone groups is 1. The van der Waals surface area contributed by atoms with E-state index < -0.39 is 11.7 Å². The number of hydrogen-bond donors (Lipinski definition) is 1. The number of rotatable bonds is 6. The smallest absolute Gasteiger partial charge is 0.262 e. The van der Waals surface area contributed by atoms with Crippen molar-refractivity contribution in [3.05, 3.63) is 69.4 Å². The van der Waals surface area contributed by atoms with Crippen LogP contribution >= 0.6 is 27.5 Å². The molecule has 0 unspecified atom stereocenters. The molecule has 2 bridgehead atoms. The molecular formula is C24H18BrClFN3O4. The van der Waals surface area contributed by atoms with Crippen LogP contribution in [0.4, 0.5) is 10.1 Å². The SMILES string of the molecule is O=C(COc1c(Cl)cc(C=NN2C(=O)[C@@H]3[C@H](C2=O)[C@H]2C=C[C@H]3C2)cc1Br)Nc1cccc(F)c1. The maximum atomic E-state index is 13.3. The fourth-order valence-electron chi connectivity index (χ4n) is 4.82. The minimum atomic E-state index is -0.487. The molecule has 1 saturated carbocycles. The average molecular weight is 547 g/mol. The Morgan fingerprint density at radius 3 is 2.56 bits per heavy atom. The van der Waals surface area contributed by atoms with Crippen LogP contribution in [0.2, 0.25) is 5.02 Å². The first-order valence-electron chi connectivity index (χ1n) is 10.6. The Bertz CT molecular complexity index is 1210. The lowest BCUT2D eigenvalue weighted by Gasteiger charge is -2.13. The molecule has 1 saturated heterocycles. The monoisotopic (exact) mass is 545 g/mol. The van der Waals surface area contributed by atoms with E-state index in [2.05, 4.69) is 26.3 Å². The van der Waals surface area contributed by atoms with Crippen molar-refractivity contribution in [2.24, 2.45) is 28.8 Å². The van der Waals surface area contributed by atoms with E-state index >= 15 is 0 Å². The molecule has 0 aromatic heterocycles. The normalized spacial score (nSPS) is 24.9. The first-order chi connectivity index (χ1) is 16.3. The molecule has 1 aliphatic heterocycles. The van der Waals surface area contributed by atoms with Crippen LogP contribution < -0.4 is 10.1 Å². The molecule has 2 aliphatic carbocycles. The van der Waals surface area contributed by atoms with Gasteiger partial charge < -0.3 is 10.1 Å². The van der Waals surface area contributed by atoms with Crippen LogP contribution in [0, 0.1) is 29.5 Å². The van der Waals surface area contributed by atoms with Gasteiger partial charge in [-0.1, -0.05) is 29.8 Å². The topological polar surface area (TPSA) is 88.1 Å². The number of nitrogens with zero attached hydrogens (tertiary/aromatic N) is 2. The molecule has 3 amide bonds. The van der Waals surface area contributed by atoms with Crippen molar-refractivity contribution in [3.8, 4) is 5.75 Å². The number of hydrogen-bond acceptors (Lipinski definition) is 5. The molecule has 5 rings (SSSR count). The summed E-state index contributed by atoms with van der Waals surface area (Å²) in [6.07, 6.45) is 6.30. The largest absolute Gasteiger partial charge is 0.481 e. The number of allylic oxidation sites excluding steroid dienone is 2. The number of carbonyl (C=O) groups is 3. The fourth-order valence-corrected chi connectivity index (χ4v) is 5.81. The first-order valence-corrected chi connectivity index (χ1v) is 11.8. The third-order valence-electron chi connectivity index (χ3n) is 6.25. The van der Waals surface area contributed by atoms with Gasteiger partial charge in [0.1, 0.15) is 5.82 Å². The van der Waals surface area contributed by atoms with Crippen LogP contribution in [0.25, 0.3) is 0 Å². The molecule has 2 fully saturated rings. The minimum absolute atomic E-state index is 0.116. The summed E-state index contributed by atoms with van der Waals surface area (Å²) >= 11 is 9.68. The maximum Gasteiger partial charge on any atom is 0.262 e. The van der Waals surface area contributed by atoms with Gasteiger partial charge in [0.2, 0.25) is 0 Å². The summed E-state index contributed by atoms with van der Waals surface area (Å²) in [5.74, 6) is -1.65. The number of ether oxygens (including phenoxy) is 1. The van der Waals surface area contributed by atoms with E-state index in [4.69, 9.17) is 16.3 Å². The first kappa shape index (κ1) is 22.7. The summed E-state index contributed by atoms with van der Waals surface area (Å²) in [5.41, 5.74) is 0.844. The molecule has 34 heavy (non-hydrogen) atoms. The van der Waals surface area contributed by atoms with Crippen LogP contribution in [0.5, 0.6) is 5.75 Å². The van der Waals surface area contributed by atoms with Gasteiger partial charge in [-0.25, -0.2) is 4.39 Å². The van der Waals surface area contributed by atoms with Crippen molar-refractivity contribution in [1.82, 2.24) is 5.01 Å². The second kappa shape index (κ2) is 8.96. The lowest BCUT2D eigenvalue weighted by molar-refractivity contribution is -0.140. The van der Waals surface area contributed by atoms with Crippen molar-refractivity contribution in [3.63, 3.8) is 0 Å². The van der Waals surface area contributed by atoms with Crippen molar-refractivity contribution in [2.75, 3.05) is 11.9 Å². The van der Waals surface area contributed by atoms with E-state index in [9.17, 15) is 18.8 Å². The van der Waals surface area contributed by atoms with E-state index in [1.165, 1.54) is 24.4 Å². The summed E-state index contributed by atoms with van der Waals surface area (Å²) in [7, 11) is 0. The van der Waals surface area contributed by atoms with E-state index in [0.29, 0.717) is 15.7 Å². The standard InChI is InChI=1S/C24H18BrClFN3O4/c25-17-6-12(10-28-30-23(32)20-13-4-5-14(8-13)21(20)24(30)33)7-18(26)22(17)34-11-19(31)29-16-3-1-2-15(27)9-16/h1-7,9-10,13-14,20-21H,8,11H2,(H,29,31)/t13-,14-,20-,21+/m0/s1. The van der Waals surface area contributed by atoms with Crippen molar-refractivity contribution in [2.45, 2.75) is 6.42 Å². The van der Waals surface area contributed by atoms with Crippen LogP contribution in [-0.2, 0) is 14.4 Å². The Hall–Kier alpha value is -3.04. The summed E-state index contributed by atoms with van der Waals surface area (Å²) in [6.45, 7) is -0.349. The van der Waals surface area contributed by atoms with Crippen molar-refractivity contribution >= 4 is 57.2 Å². The third-order valence-corrected chi connectivity index (χ3v) is 7.12. The average Bonchev–Trinajstić information content (AvgIpc) is 3.46. The van der Waals surface area contributed by atoms with Crippen LogP contribution in [0.1, 0.15) is 12.0 Å². The minimum Gasteiger partial charge on any atom is -0.481 e. The van der Waals surface area contributed by atoms with Gasteiger partial charge in [0.15, 0.2) is 12.4 Å². The predicted molar refractivity (Wildman–Crippen MR) is 127 cm³/mol. The molecule has 0 spiro atoms. The Morgan fingerprint density at radius 1 is 1.21 bits per heavy atom. The third kappa shape index (κ3) is 4.14. The number of nitrogens with one attached hydrogen (secondary N) is 1. The molecule has 174 valence electrons. The van der Waals surface area contributed by atoms with E-state index in [1.54, 1.807) is 18.2 Å². The van der Waals surface area contributed by atoms with Gasteiger partial charge in [-0.2, -0.15) is 10.1 Å². The fraction of sp³-hybridized carbons (Fsp3) is 0.250. The van der Waals surface area contributed by atoms with Crippen molar-refractivity contribution in [1.29, 1.82) is 0 Å². The van der Waals surface area contributed by atoms with Gasteiger partial charge in [-0.3, -0.25) is 14.4 Å². The van der Waals surface area contributed by atoms with Gasteiger partial charge in [0.05, 0.1) is 27.5 Å². The summed E-state index contributed by atoms with van der Waals surface area (Å²) in [5, 5.41) is 7.84. The van der Waals surface area contributed by atoms with Gasteiger partial charge in [-0.15, -0.1) is 0 Å². The molecule has 1 N–H and O–H groups in total. The molecule has 4 atom stereocenters. The lowest BCUT2D eigenvalue weighted by Crippen LogP contribution is -2.28. The molecular weight excluding hydrogens is 529 g/mol. The highest BCUT2D eigenvalue weighted by atomic mass is 79.9. The molecule has 1 heterocycles. The highest BCUT2D eigenvalue weighted by Crippen LogP contribution is 2.52. The van der Waals surface area contributed by atoms with E-state index in [1.807, 2.05) is 12.2 Å². The number of carbonyl (C=O) groups excluding carboxylic acids is 3. The van der Waals surface area contributed by atoms with Crippen LogP contribution in [-0.4, -0.2) is 35.6 Å². The molecule has 0 radical (unpaired) electrons. The molecule has 2 aromatic rings. The lowest BCUT2D eigenvalue weighted by atomic mass is 9.85. The van der Waals surface area contributed by atoms with E-state index in [0.717, 1.165) is 11.4 Å². The highest BCUT2D eigenvalue weighted by Gasteiger charge is 2.59. The predicted octanol–water partition coefficient (Wildman–Crippen LogP) is 4.40. The number of benzene rings is 2. The van der Waals surface area contributed by atoms with Gasteiger partial charge in [0.25, 0.3) is 17.7 Å².